The number of rotatable bonds is 5. The molecule has 45 heavy (non-hydrogen) atoms. The van der Waals surface area contributed by atoms with Gasteiger partial charge in [-0.05, 0) is 127 Å². The molecule has 1 aromatic rings. The van der Waals surface area contributed by atoms with Crippen molar-refractivity contribution in [1.82, 2.24) is 0 Å². The lowest BCUT2D eigenvalue weighted by molar-refractivity contribution is -0.218. The molecule has 246 valence electrons. The molecule has 6 rings (SSSR count). The fourth-order valence-corrected chi connectivity index (χ4v) is 12.0. The van der Waals surface area contributed by atoms with Gasteiger partial charge in [0.2, 0.25) is 0 Å². The van der Waals surface area contributed by atoms with E-state index < -0.39 is 22.8 Å². The first kappa shape index (κ1) is 32.3. The molecule has 4 saturated carbocycles. The Morgan fingerprint density at radius 2 is 1.64 bits per heavy atom. The second-order valence-corrected chi connectivity index (χ2v) is 16.8. The van der Waals surface area contributed by atoms with Gasteiger partial charge in [0.05, 0.1) is 11.5 Å². The molecule has 0 heterocycles. The first-order chi connectivity index (χ1) is 21.1. The van der Waals surface area contributed by atoms with E-state index in [0.29, 0.717) is 37.0 Å². The number of esters is 1. The van der Waals surface area contributed by atoms with E-state index in [1.807, 2.05) is 0 Å². The molecular weight excluding hydrogens is 564 g/mol. The minimum atomic E-state index is -0.773. The van der Waals surface area contributed by atoms with Crippen LogP contribution in [0.2, 0.25) is 0 Å². The molecule has 0 aliphatic heterocycles. The first-order valence-corrected chi connectivity index (χ1v) is 17.4. The summed E-state index contributed by atoms with van der Waals surface area (Å²) < 4.78 is 6.26. The minimum Gasteiger partial charge on any atom is -0.508 e. The van der Waals surface area contributed by atoms with Crippen molar-refractivity contribution in [2.24, 2.45) is 56.7 Å². The van der Waals surface area contributed by atoms with Gasteiger partial charge in [-0.25, -0.2) is 4.79 Å². The molecule has 1 aromatic carbocycles. The maximum absolute atomic E-state index is 13.3. The summed E-state index contributed by atoms with van der Waals surface area (Å²) in [6, 6.07) is 6.70. The Kier molecular flexibility index (Phi) is 7.90. The van der Waals surface area contributed by atoms with Crippen LogP contribution in [0.4, 0.5) is 0 Å². The summed E-state index contributed by atoms with van der Waals surface area (Å²) in [4.78, 5) is 26.5. The Morgan fingerprint density at radius 3 is 2.33 bits per heavy atom. The predicted molar refractivity (Wildman–Crippen MR) is 175 cm³/mol. The van der Waals surface area contributed by atoms with Gasteiger partial charge in [0.25, 0.3) is 0 Å². The highest BCUT2D eigenvalue weighted by atomic mass is 16.5. The fourth-order valence-electron chi connectivity index (χ4n) is 12.0. The number of hydrogen-bond donors (Lipinski definition) is 3. The van der Waals surface area contributed by atoms with Gasteiger partial charge in [-0.15, -0.1) is 0 Å². The zero-order valence-corrected chi connectivity index (χ0v) is 28.1. The fraction of sp³-hybridized carbons (Fsp3) is 0.692. The zero-order valence-electron chi connectivity index (χ0n) is 28.1. The van der Waals surface area contributed by atoms with E-state index in [1.54, 1.807) is 30.3 Å². The molecule has 10 atom stereocenters. The van der Waals surface area contributed by atoms with Crippen molar-refractivity contribution < 1.29 is 29.6 Å². The number of phenolic OH excluding ortho intramolecular Hbond substituents is 1. The van der Waals surface area contributed by atoms with Crippen molar-refractivity contribution in [2.45, 2.75) is 105 Å². The van der Waals surface area contributed by atoms with Crippen LogP contribution in [0.15, 0.2) is 42.0 Å². The van der Waals surface area contributed by atoms with Gasteiger partial charge in [-0.3, -0.25) is 4.79 Å². The lowest BCUT2D eigenvalue weighted by atomic mass is 9.33. The molecule has 6 nitrogen and oxygen atoms in total. The van der Waals surface area contributed by atoms with Crippen LogP contribution in [0.25, 0.3) is 6.08 Å². The van der Waals surface area contributed by atoms with E-state index in [1.165, 1.54) is 11.6 Å². The number of allylic oxidation sites excluding steroid dienone is 1. The average Bonchev–Trinajstić information content (AvgIpc) is 2.99. The first-order valence-electron chi connectivity index (χ1n) is 17.4. The number of aliphatic hydroxyl groups is 1. The maximum Gasteiger partial charge on any atom is 0.330 e. The Hall–Kier alpha value is -2.60. The number of aliphatic hydroxyl groups excluding tert-OH is 1. The van der Waals surface area contributed by atoms with Gasteiger partial charge in [-0.2, -0.15) is 0 Å². The third-order valence-corrected chi connectivity index (χ3v) is 14.8. The SMILES string of the molecule is C[C@H]1[C@H]2C3=CC[C@H]4[C@]5(C)CC[C@@H](O)C(C)(C)[C@H]5CC[C@]4(C)[C@@]3(COC(=O)/C=C/c3ccc(O)cc3)CC[C@]2(C(=O)O)CC[C@@H]1C. The van der Waals surface area contributed by atoms with Gasteiger partial charge in [0.15, 0.2) is 0 Å². The van der Waals surface area contributed by atoms with Crippen molar-refractivity contribution in [3.8, 4) is 5.75 Å². The van der Waals surface area contributed by atoms with E-state index in [2.05, 4.69) is 47.6 Å². The highest BCUT2D eigenvalue weighted by molar-refractivity contribution is 5.87. The van der Waals surface area contributed by atoms with Crippen molar-refractivity contribution >= 4 is 18.0 Å². The van der Waals surface area contributed by atoms with Crippen LogP contribution in [0, 0.1) is 56.7 Å². The summed E-state index contributed by atoms with van der Waals surface area (Å²) in [5, 5.41) is 31.6. The number of aromatic hydroxyl groups is 1. The number of aliphatic carboxylic acids is 1. The third kappa shape index (κ3) is 4.66. The summed E-state index contributed by atoms with van der Waals surface area (Å²) in [6.45, 7) is 14.2. The van der Waals surface area contributed by atoms with Gasteiger partial charge in [0, 0.05) is 11.5 Å². The van der Waals surface area contributed by atoms with E-state index in [4.69, 9.17) is 4.74 Å². The molecule has 0 saturated heterocycles. The summed E-state index contributed by atoms with van der Waals surface area (Å²) in [6.07, 6.45) is 12.9. The van der Waals surface area contributed by atoms with Crippen LogP contribution in [0.3, 0.4) is 0 Å². The number of phenols is 1. The van der Waals surface area contributed by atoms with Crippen LogP contribution >= 0.6 is 0 Å². The van der Waals surface area contributed by atoms with Crippen molar-refractivity contribution in [3.63, 3.8) is 0 Å². The molecule has 0 bridgehead atoms. The number of carbonyl (C=O) groups excluding carboxylic acids is 1. The quantitative estimate of drug-likeness (QED) is 0.175. The molecule has 3 N–H and O–H groups in total. The Balaban J connectivity index is 1.42. The second kappa shape index (κ2) is 11.0. The van der Waals surface area contributed by atoms with E-state index in [0.717, 1.165) is 44.1 Å². The number of carboxylic acid groups (broad SMARTS) is 1. The van der Waals surface area contributed by atoms with Crippen LogP contribution < -0.4 is 0 Å². The molecule has 5 aliphatic rings. The number of ether oxygens (including phenoxy) is 1. The molecular formula is C39H54O6. The number of hydrogen-bond acceptors (Lipinski definition) is 5. The van der Waals surface area contributed by atoms with Crippen molar-refractivity contribution in [1.29, 1.82) is 0 Å². The van der Waals surface area contributed by atoms with E-state index >= 15 is 0 Å². The maximum atomic E-state index is 13.3. The Morgan fingerprint density at radius 1 is 0.933 bits per heavy atom. The molecule has 0 unspecified atom stereocenters. The molecule has 0 aromatic heterocycles. The summed E-state index contributed by atoms with van der Waals surface area (Å²) in [7, 11) is 0. The van der Waals surface area contributed by atoms with Gasteiger partial charge >= 0.3 is 11.9 Å². The monoisotopic (exact) mass is 618 g/mol. The summed E-state index contributed by atoms with van der Waals surface area (Å²) >= 11 is 0. The topological polar surface area (TPSA) is 104 Å². The normalized spacial score (nSPS) is 43.7. The summed E-state index contributed by atoms with van der Waals surface area (Å²) in [5.41, 5.74) is 0.520. The Labute approximate surface area is 269 Å². The predicted octanol–water partition coefficient (Wildman–Crippen LogP) is 8.03. The van der Waals surface area contributed by atoms with Crippen LogP contribution in [-0.2, 0) is 14.3 Å². The number of carbonyl (C=O) groups is 2. The second-order valence-electron chi connectivity index (χ2n) is 16.8. The van der Waals surface area contributed by atoms with Crippen molar-refractivity contribution in [2.75, 3.05) is 6.61 Å². The molecule has 0 amide bonds. The van der Waals surface area contributed by atoms with Crippen LogP contribution in [-0.4, -0.2) is 40.0 Å². The lowest BCUT2D eigenvalue weighted by Gasteiger charge is -2.71. The highest BCUT2D eigenvalue weighted by Gasteiger charge is 2.71. The third-order valence-electron chi connectivity index (χ3n) is 14.8. The molecule has 0 spiro atoms. The zero-order chi connectivity index (χ0) is 32.6. The smallest absolute Gasteiger partial charge is 0.330 e. The molecule has 0 radical (unpaired) electrons. The van der Waals surface area contributed by atoms with Gasteiger partial charge in [-0.1, -0.05) is 65.3 Å². The number of fused-ring (bicyclic) bond motifs is 7. The summed E-state index contributed by atoms with van der Waals surface area (Å²) in [5.74, 6) is 0.422. The average molecular weight is 619 g/mol. The van der Waals surface area contributed by atoms with Crippen LogP contribution in [0.5, 0.6) is 5.75 Å². The van der Waals surface area contributed by atoms with Gasteiger partial charge < -0.3 is 20.1 Å². The standard InChI is InChI=1S/C39H54O6/c1-24-15-20-38(34(43)44)21-22-39(23-45-32(42)14-9-26-7-10-27(40)11-8-26)28(33(38)25(24)2)12-13-30-36(5)18-17-31(41)35(3,4)29(36)16-19-37(30,39)6/h7-12,14,24-25,29-31,33,40-41H,13,15-23H2,1-6H3,(H,43,44)/b14-9+/t24-,25+,29+,30-,31+,33-,36+,37-,38+,39+/m0/s1. The highest BCUT2D eigenvalue weighted by Crippen LogP contribution is 2.76. The Bertz CT molecular complexity index is 1390. The largest absolute Gasteiger partial charge is 0.508 e. The minimum absolute atomic E-state index is 0.0281. The van der Waals surface area contributed by atoms with Crippen molar-refractivity contribution in [3.05, 3.63) is 47.6 Å². The number of benzene rings is 1. The number of carboxylic acids is 1. The van der Waals surface area contributed by atoms with E-state index in [-0.39, 0.29) is 46.5 Å². The molecule has 4 fully saturated rings. The van der Waals surface area contributed by atoms with E-state index in [9.17, 15) is 24.9 Å². The molecule has 6 heteroatoms. The van der Waals surface area contributed by atoms with Crippen LogP contribution in [0.1, 0.15) is 105 Å². The van der Waals surface area contributed by atoms with Gasteiger partial charge in [0.1, 0.15) is 12.4 Å². The molecule has 5 aliphatic carbocycles. The lowest BCUT2D eigenvalue weighted by Crippen LogP contribution is -2.67.